The van der Waals surface area contributed by atoms with Crippen molar-refractivity contribution >= 4 is 17.5 Å². The van der Waals surface area contributed by atoms with Gasteiger partial charge < -0.3 is 14.8 Å². The molecular weight excluding hydrogens is 387 g/mol. The van der Waals surface area contributed by atoms with E-state index >= 15 is 0 Å². The molecule has 2 aromatic carbocycles. The van der Waals surface area contributed by atoms with Gasteiger partial charge in [0.15, 0.2) is 17.3 Å². The quantitative estimate of drug-likeness (QED) is 0.748. The van der Waals surface area contributed by atoms with Crippen LogP contribution in [0.15, 0.2) is 48.7 Å². The van der Waals surface area contributed by atoms with Crippen molar-refractivity contribution < 1.29 is 23.5 Å². The topological polar surface area (TPSA) is 67.9 Å². The van der Waals surface area contributed by atoms with E-state index in [2.05, 4.69) is 5.32 Å². The van der Waals surface area contributed by atoms with Gasteiger partial charge in [0, 0.05) is 24.4 Å². The lowest BCUT2D eigenvalue weighted by Gasteiger charge is -2.32. The van der Waals surface area contributed by atoms with Crippen molar-refractivity contribution in [1.29, 1.82) is 0 Å². The number of benzene rings is 2. The highest BCUT2D eigenvalue weighted by Crippen LogP contribution is 2.37. The molecule has 7 heteroatoms. The van der Waals surface area contributed by atoms with E-state index in [9.17, 15) is 14.0 Å². The molecule has 0 unspecified atom stereocenters. The molecule has 0 aliphatic carbocycles. The summed E-state index contributed by atoms with van der Waals surface area (Å²) in [6, 6.07) is 8.45. The standard InChI is InChI=1S/C23H25FN2O4/c1-14(2)18-12-21(29-3)22(30-4)13-19(18)25-23(28)26-10-9-17(27)11-20(26)15-5-7-16(24)8-6-15/h5-10,12-14,20H,11H2,1-4H3,(H,25,28)/t20-/m0/s1. The number of nitrogens with one attached hydrogen (secondary N) is 1. The fourth-order valence-corrected chi connectivity index (χ4v) is 3.46. The van der Waals surface area contributed by atoms with Gasteiger partial charge in [-0.1, -0.05) is 26.0 Å². The zero-order valence-electron chi connectivity index (χ0n) is 17.4. The number of amides is 2. The third-order valence-corrected chi connectivity index (χ3v) is 5.06. The zero-order chi connectivity index (χ0) is 21.8. The van der Waals surface area contributed by atoms with Crippen molar-refractivity contribution in [3.05, 3.63) is 65.6 Å². The molecule has 0 fully saturated rings. The minimum Gasteiger partial charge on any atom is -0.493 e. The van der Waals surface area contributed by atoms with Crippen LogP contribution in [0.3, 0.4) is 0 Å². The molecule has 0 spiro atoms. The highest BCUT2D eigenvalue weighted by Gasteiger charge is 2.29. The molecule has 0 aromatic heterocycles. The van der Waals surface area contributed by atoms with Crippen LogP contribution in [0.2, 0.25) is 0 Å². The van der Waals surface area contributed by atoms with Crippen LogP contribution in [0.25, 0.3) is 0 Å². The summed E-state index contributed by atoms with van der Waals surface area (Å²) in [6.07, 6.45) is 2.96. The van der Waals surface area contributed by atoms with Crippen molar-refractivity contribution in [2.24, 2.45) is 0 Å². The molecule has 30 heavy (non-hydrogen) atoms. The Kier molecular flexibility index (Phi) is 6.40. The maximum atomic E-state index is 13.3. The Morgan fingerprint density at radius 2 is 1.77 bits per heavy atom. The third kappa shape index (κ3) is 4.45. The number of ketones is 1. The average Bonchev–Trinajstić information content (AvgIpc) is 2.73. The maximum Gasteiger partial charge on any atom is 0.326 e. The van der Waals surface area contributed by atoms with E-state index in [0.29, 0.717) is 22.7 Å². The van der Waals surface area contributed by atoms with Crippen molar-refractivity contribution in [2.75, 3.05) is 19.5 Å². The van der Waals surface area contributed by atoms with Gasteiger partial charge in [-0.15, -0.1) is 0 Å². The first-order chi connectivity index (χ1) is 14.3. The number of nitrogens with zero attached hydrogens (tertiary/aromatic N) is 1. The largest absolute Gasteiger partial charge is 0.493 e. The zero-order valence-corrected chi connectivity index (χ0v) is 17.4. The van der Waals surface area contributed by atoms with Gasteiger partial charge in [-0.2, -0.15) is 0 Å². The highest BCUT2D eigenvalue weighted by atomic mass is 19.1. The molecule has 1 N–H and O–H groups in total. The molecule has 0 bridgehead atoms. The molecule has 0 radical (unpaired) electrons. The predicted octanol–water partition coefficient (Wildman–Crippen LogP) is 5.03. The Balaban J connectivity index is 1.94. The average molecular weight is 412 g/mol. The molecule has 3 rings (SSSR count). The lowest BCUT2D eigenvalue weighted by Crippen LogP contribution is -2.37. The summed E-state index contributed by atoms with van der Waals surface area (Å²) in [5, 5.41) is 2.93. The number of ether oxygens (including phenoxy) is 2. The second kappa shape index (κ2) is 8.98. The number of carbonyl (C=O) groups is 2. The summed E-state index contributed by atoms with van der Waals surface area (Å²) in [5.74, 6) is 0.719. The first-order valence-corrected chi connectivity index (χ1v) is 9.65. The van der Waals surface area contributed by atoms with E-state index in [-0.39, 0.29) is 23.9 Å². The lowest BCUT2D eigenvalue weighted by atomic mass is 9.97. The van der Waals surface area contributed by atoms with Crippen LogP contribution in [-0.2, 0) is 4.79 Å². The molecular formula is C23H25FN2O4. The summed E-state index contributed by atoms with van der Waals surface area (Å²) < 4.78 is 24.1. The van der Waals surface area contributed by atoms with Crippen LogP contribution in [0.4, 0.5) is 14.9 Å². The van der Waals surface area contributed by atoms with Gasteiger partial charge in [-0.05, 0) is 41.3 Å². The minimum atomic E-state index is -0.522. The molecule has 1 heterocycles. The summed E-state index contributed by atoms with van der Waals surface area (Å²) in [4.78, 5) is 26.6. The number of hydrogen-bond acceptors (Lipinski definition) is 4. The first kappa shape index (κ1) is 21.4. The van der Waals surface area contributed by atoms with Crippen LogP contribution in [0.5, 0.6) is 11.5 Å². The summed E-state index contributed by atoms with van der Waals surface area (Å²) >= 11 is 0. The fourth-order valence-electron chi connectivity index (χ4n) is 3.46. The van der Waals surface area contributed by atoms with E-state index in [1.807, 2.05) is 19.9 Å². The minimum absolute atomic E-state index is 0.0950. The molecule has 1 aliphatic heterocycles. The number of anilines is 1. The second-order valence-corrected chi connectivity index (χ2v) is 7.34. The molecule has 1 atom stereocenters. The second-order valence-electron chi connectivity index (χ2n) is 7.34. The van der Waals surface area contributed by atoms with E-state index in [4.69, 9.17) is 9.47 Å². The summed E-state index contributed by atoms with van der Waals surface area (Å²) in [5.41, 5.74) is 2.16. The summed E-state index contributed by atoms with van der Waals surface area (Å²) in [7, 11) is 3.09. The van der Waals surface area contributed by atoms with E-state index in [1.54, 1.807) is 25.3 Å². The maximum absolute atomic E-state index is 13.3. The normalized spacial score (nSPS) is 16.0. The van der Waals surface area contributed by atoms with Gasteiger partial charge in [0.2, 0.25) is 0 Å². The van der Waals surface area contributed by atoms with Crippen molar-refractivity contribution in [3.63, 3.8) is 0 Å². The molecule has 158 valence electrons. The molecule has 6 nitrogen and oxygen atoms in total. The number of methoxy groups -OCH3 is 2. The smallest absolute Gasteiger partial charge is 0.326 e. The molecule has 0 saturated carbocycles. The number of urea groups is 1. The van der Waals surface area contributed by atoms with Gasteiger partial charge in [-0.25, -0.2) is 9.18 Å². The monoisotopic (exact) mass is 412 g/mol. The van der Waals surface area contributed by atoms with E-state index in [0.717, 1.165) is 5.56 Å². The predicted molar refractivity (Wildman–Crippen MR) is 112 cm³/mol. The van der Waals surface area contributed by atoms with Crippen LogP contribution < -0.4 is 14.8 Å². The van der Waals surface area contributed by atoms with Gasteiger partial charge in [0.25, 0.3) is 0 Å². The Morgan fingerprint density at radius 1 is 1.13 bits per heavy atom. The number of carbonyl (C=O) groups excluding carboxylic acids is 2. The van der Waals surface area contributed by atoms with Crippen molar-refractivity contribution in [3.8, 4) is 11.5 Å². The highest BCUT2D eigenvalue weighted by molar-refractivity contribution is 5.96. The Bertz CT molecular complexity index is 970. The molecule has 0 saturated heterocycles. The number of allylic oxidation sites excluding steroid dienone is 1. The van der Waals surface area contributed by atoms with Crippen LogP contribution in [0.1, 0.15) is 43.4 Å². The Morgan fingerprint density at radius 3 is 2.37 bits per heavy atom. The summed E-state index contributed by atoms with van der Waals surface area (Å²) in [6.45, 7) is 4.02. The van der Waals surface area contributed by atoms with Gasteiger partial charge >= 0.3 is 6.03 Å². The fraction of sp³-hybridized carbons (Fsp3) is 0.304. The molecule has 2 aromatic rings. The molecule has 1 aliphatic rings. The number of halogens is 1. The first-order valence-electron chi connectivity index (χ1n) is 9.65. The van der Waals surface area contributed by atoms with Gasteiger partial charge in [0.1, 0.15) is 5.82 Å². The van der Waals surface area contributed by atoms with Crippen LogP contribution >= 0.6 is 0 Å². The SMILES string of the molecule is COc1cc(NC(=O)N2C=CC(=O)C[C@H]2c2ccc(F)cc2)c(C(C)C)cc1OC. The number of rotatable bonds is 5. The number of hydrogen-bond donors (Lipinski definition) is 1. The van der Waals surface area contributed by atoms with Gasteiger partial charge in [0.05, 0.1) is 20.3 Å². The van der Waals surface area contributed by atoms with E-state index in [1.165, 1.54) is 36.4 Å². The van der Waals surface area contributed by atoms with Crippen molar-refractivity contribution in [1.82, 2.24) is 4.90 Å². The lowest BCUT2D eigenvalue weighted by molar-refractivity contribution is -0.116. The van der Waals surface area contributed by atoms with Crippen LogP contribution in [-0.4, -0.2) is 30.9 Å². The Hall–Kier alpha value is -3.35. The van der Waals surface area contributed by atoms with Crippen LogP contribution in [0, 0.1) is 5.82 Å². The van der Waals surface area contributed by atoms with Gasteiger partial charge in [-0.3, -0.25) is 9.69 Å². The Labute approximate surface area is 175 Å². The third-order valence-electron chi connectivity index (χ3n) is 5.06. The molecule has 2 amide bonds. The van der Waals surface area contributed by atoms with E-state index < -0.39 is 12.1 Å². The van der Waals surface area contributed by atoms with Crippen molar-refractivity contribution in [2.45, 2.75) is 32.2 Å².